The first kappa shape index (κ1) is 11.2. The monoisotopic (exact) mass is 232 g/mol. The minimum absolute atomic E-state index is 0.191. The fraction of sp³-hybridized carbons (Fsp3) is 0.286. The van der Waals surface area contributed by atoms with Crippen LogP contribution >= 0.6 is 11.3 Å². The van der Waals surface area contributed by atoms with Crippen LogP contribution in [0, 0.1) is 0 Å². The van der Waals surface area contributed by atoms with Crippen molar-refractivity contribution in [2.75, 3.05) is 0 Å². The number of benzene rings is 1. The fourth-order valence-corrected chi connectivity index (χ4v) is 2.39. The van der Waals surface area contributed by atoms with E-state index in [-0.39, 0.29) is 5.41 Å². The molecule has 0 amide bonds. The van der Waals surface area contributed by atoms with Crippen LogP contribution in [0.25, 0.3) is 10.4 Å². The molecule has 0 aliphatic carbocycles. The van der Waals surface area contributed by atoms with Gasteiger partial charge in [-0.25, -0.2) is 0 Å². The average molecular weight is 232 g/mol. The van der Waals surface area contributed by atoms with Gasteiger partial charge in [0.15, 0.2) is 0 Å². The Hall–Kier alpha value is -1.28. The second kappa shape index (κ2) is 3.95. The van der Waals surface area contributed by atoms with Crippen molar-refractivity contribution in [3.63, 3.8) is 0 Å². The van der Waals surface area contributed by atoms with Crippen molar-refractivity contribution in [2.45, 2.75) is 26.2 Å². The van der Waals surface area contributed by atoms with Gasteiger partial charge in [0.1, 0.15) is 5.75 Å². The summed E-state index contributed by atoms with van der Waals surface area (Å²) in [6.07, 6.45) is 0. The molecule has 1 aromatic heterocycles. The molecule has 84 valence electrons. The molecule has 0 saturated heterocycles. The SMILES string of the molecule is CC(C)(C)c1ccc(-c2cc(O)cs2)cc1. The fourth-order valence-electron chi connectivity index (χ4n) is 1.61. The molecule has 0 spiro atoms. The van der Waals surface area contributed by atoms with Gasteiger partial charge in [-0.3, -0.25) is 0 Å². The van der Waals surface area contributed by atoms with E-state index >= 15 is 0 Å². The van der Waals surface area contributed by atoms with Crippen LogP contribution in [-0.4, -0.2) is 5.11 Å². The van der Waals surface area contributed by atoms with E-state index in [4.69, 9.17) is 0 Å². The van der Waals surface area contributed by atoms with Gasteiger partial charge in [-0.05, 0) is 22.6 Å². The van der Waals surface area contributed by atoms with Crippen molar-refractivity contribution in [1.82, 2.24) is 0 Å². The van der Waals surface area contributed by atoms with E-state index in [1.54, 1.807) is 22.8 Å². The molecular formula is C14H16OS. The standard InChI is InChI=1S/C14H16OS/c1-14(2,3)11-6-4-10(5-7-11)13-8-12(15)9-16-13/h4-9,15H,1-3H3. The lowest BCUT2D eigenvalue weighted by molar-refractivity contribution is 0.478. The highest BCUT2D eigenvalue weighted by Crippen LogP contribution is 2.32. The summed E-state index contributed by atoms with van der Waals surface area (Å²) in [7, 11) is 0. The zero-order chi connectivity index (χ0) is 11.8. The Labute approximate surface area is 100 Å². The molecule has 16 heavy (non-hydrogen) atoms. The van der Waals surface area contributed by atoms with Crippen LogP contribution < -0.4 is 0 Å². The number of hydrogen-bond acceptors (Lipinski definition) is 2. The highest BCUT2D eigenvalue weighted by molar-refractivity contribution is 7.13. The van der Waals surface area contributed by atoms with Crippen LogP contribution in [0.1, 0.15) is 26.3 Å². The van der Waals surface area contributed by atoms with Crippen molar-refractivity contribution in [1.29, 1.82) is 0 Å². The lowest BCUT2D eigenvalue weighted by atomic mass is 9.86. The van der Waals surface area contributed by atoms with Gasteiger partial charge in [0.25, 0.3) is 0 Å². The maximum atomic E-state index is 9.31. The molecular weight excluding hydrogens is 216 g/mol. The van der Waals surface area contributed by atoms with Gasteiger partial charge >= 0.3 is 0 Å². The Balaban J connectivity index is 2.33. The van der Waals surface area contributed by atoms with E-state index < -0.39 is 0 Å². The van der Waals surface area contributed by atoms with E-state index in [9.17, 15) is 5.11 Å². The number of rotatable bonds is 1. The van der Waals surface area contributed by atoms with Gasteiger partial charge in [0.2, 0.25) is 0 Å². The van der Waals surface area contributed by atoms with Crippen LogP contribution in [0.2, 0.25) is 0 Å². The Morgan fingerprint density at radius 1 is 1.06 bits per heavy atom. The molecule has 0 aliphatic rings. The minimum Gasteiger partial charge on any atom is -0.507 e. The van der Waals surface area contributed by atoms with Crippen LogP contribution in [0.3, 0.4) is 0 Å². The van der Waals surface area contributed by atoms with Crippen LogP contribution in [0.15, 0.2) is 35.7 Å². The molecule has 0 aliphatic heterocycles. The lowest BCUT2D eigenvalue weighted by Crippen LogP contribution is -2.10. The number of thiophene rings is 1. The number of aromatic hydroxyl groups is 1. The zero-order valence-corrected chi connectivity index (χ0v) is 10.6. The lowest BCUT2D eigenvalue weighted by Gasteiger charge is -2.18. The summed E-state index contributed by atoms with van der Waals surface area (Å²) in [6.45, 7) is 6.62. The molecule has 0 bridgehead atoms. The van der Waals surface area contributed by atoms with E-state index in [0.29, 0.717) is 5.75 Å². The molecule has 2 aromatic rings. The third-order valence-electron chi connectivity index (χ3n) is 2.62. The van der Waals surface area contributed by atoms with Crippen molar-refractivity contribution in [2.24, 2.45) is 0 Å². The number of hydrogen-bond donors (Lipinski definition) is 1. The summed E-state index contributed by atoms with van der Waals surface area (Å²) >= 11 is 1.57. The van der Waals surface area contributed by atoms with Crippen molar-refractivity contribution in [3.8, 4) is 16.2 Å². The summed E-state index contributed by atoms with van der Waals surface area (Å²) in [5.74, 6) is 0.347. The second-order valence-corrected chi connectivity index (χ2v) is 5.91. The summed E-state index contributed by atoms with van der Waals surface area (Å²) in [6, 6.07) is 10.4. The molecule has 0 atom stereocenters. The summed E-state index contributed by atoms with van der Waals surface area (Å²) in [5.41, 5.74) is 2.69. The summed E-state index contributed by atoms with van der Waals surface area (Å²) in [4.78, 5) is 1.11. The van der Waals surface area contributed by atoms with E-state index in [1.165, 1.54) is 11.1 Å². The van der Waals surface area contributed by atoms with Gasteiger partial charge in [0.05, 0.1) is 0 Å². The maximum absolute atomic E-state index is 9.31. The van der Waals surface area contributed by atoms with Crippen molar-refractivity contribution < 1.29 is 5.11 Å². The van der Waals surface area contributed by atoms with Crippen molar-refractivity contribution >= 4 is 11.3 Å². The molecule has 1 aromatic carbocycles. The minimum atomic E-state index is 0.191. The Bertz CT molecular complexity index is 474. The second-order valence-electron chi connectivity index (χ2n) is 5.00. The Kier molecular flexibility index (Phi) is 2.76. The molecule has 0 saturated carbocycles. The molecule has 1 N–H and O–H groups in total. The molecule has 0 radical (unpaired) electrons. The largest absolute Gasteiger partial charge is 0.507 e. The van der Waals surface area contributed by atoms with Crippen LogP contribution in [-0.2, 0) is 5.41 Å². The van der Waals surface area contributed by atoms with E-state index in [0.717, 1.165) is 4.88 Å². The van der Waals surface area contributed by atoms with Gasteiger partial charge in [-0.2, -0.15) is 0 Å². The molecule has 1 heterocycles. The van der Waals surface area contributed by atoms with E-state index in [2.05, 4.69) is 45.0 Å². The Morgan fingerprint density at radius 2 is 1.69 bits per heavy atom. The molecule has 0 unspecified atom stereocenters. The topological polar surface area (TPSA) is 20.2 Å². The first-order chi connectivity index (χ1) is 7.47. The molecule has 1 nitrogen and oxygen atoms in total. The highest BCUT2D eigenvalue weighted by Gasteiger charge is 2.13. The predicted octanol–water partition coefficient (Wildman–Crippen LogP) is 4.42. The molecule has 2 rings (SSSR count). The smallest absolute Gasteiger partial charge is 0.126 e. The summed E-state index contributed by atoms with van der Waals surface area (Å²) < 4.78 is 0. The predicted molar refractivity (Wildman–Crippen MR) is 70.1 cm³/mol. The maximum Gasteiger partial charge on any atom is 0.126 e. The van der Waals surface area contributed by atoms with Crippen LogP contribution in [0.5, 0.6) is 5.75 Å². The normalized spacial score (nSPS) is 11.7. The third-order valence-corrected chi connectivity index (χ3v) is 3.59. The van der Waals surface area contributed by atoms with Crippen molar-refractivity contribution in [3.05, 3.63) is 41.3 Å². The highest BCUT2D eigenvalue weighted by atomic mass is 32.1. The van der Waals surface area contributed by atoms with Gasteiger partial charge in [-0.15, -0.1) is 11.3 Å². The quantitative estimate of drug-likeness (QED) is 0.771. The molecule has 2 heteroatoms. The first-order valence-corrected chi connectivity index (χ1v) is 6.23. The van der Waals surface area contributed by atoms with E-state index in [1.807, 2.05) is 0 Å². The molecule has 0 fully saturated rings. The average Bonchev–Trinajstić information content (AvgIpc) is 2.64. The van der Waals surface area contributed by atoms with Gasteiger partial charge < -0.3 is 5.11 Å². The first-order valence-electron chi connectivity index (χ1n) is 5.35. The van der Waals surface area contributed by atoms with Gasteiger partial charge in [0, 0.05) is 10.3 Å². The Morgan fingerprint density at radius 3 is 2.12 bits per heavy atom. The zero-order valence-electron chi connectivity index (χ0n) is 9.82. The van der Waals surface area contributed by atoms with Crippen LogP contribution in [0.4, 0.5) is 0 Å². The third kappa shape index (κ3) is 2.27. The summed E-state index contributed by atoms with van der Waals surface area (Å²) in [5, 5.41) is 11.1. The van der Waals surface area contributed by atoms with Gasteiger partial charge in [-0.1, -0.05) is 45.0 Å².